The van der Waals surface area contributed by atoms with E-state index in [1.54, 1.807) is 7.11 Å². The number of amides is 2. The van der Waals surface area contributed by atoms with Crippen molar-refractivity contribution in [3.63, 3.8) is 0 Å². The number of likely N-dealkylation sites (tertiary alicyclic amines) is 1. The Bertz CT molecular complexity index is 795. The van der Waals surface area contributed by atoms with Gasteiger partial charge in [0, 0.05) is 12.6 Å². The van der Waals surface area contributed by atoms with Crippen molar-refractivity contribution in [2.75, 3.05) is 32.1 Å². The van der Waals surface area contributed by atoms with Gasteiger partial charge in [-0.05, 0) is 55.8 Å². The average molecular weight is 375 g/mol. The molecule has 1 atom stereocenters. The second kappa shape index (κ2) is 8.81. The molecule has 3 rings (SSSR count). The van der Waals surface area contributed by atoms with Crippen molar-refractivity contribution >= 4 is 11.7 Å². The average Bonchev–Trinajstić information content (AvgIpc) is 3.19. The minimum Gasteiger partial charge on any atom is -0.497 e. The Morgan fingerprint density at radius 1 is 1.19 bits per heavy atom. The van der Waals surface area contributed by atoms with Crippen LogP contribution in [0.5, 0.6) is 5.75 Å². The van der Waals surface area contributed by atoms with Crippen LogP contribution in [0, 0.1) is 11.6 Å². The molecular weight excluding hydrogens is 352 g/mol. The van der Waals surface area contributed by atoms with E-state index in [1.165, 1.54) is 6.07 Å². The molecule has 1 fully saturated rings. The molecule has 7 heteroatoms. The van der Waals surface area contributed by atoms with Crippen molar-refractivity contribution in [2.24, 2.45) is 0 Å². The maximum absolute atomic E-state index is 13.7. The molecule has 144 valence electrons. The number of anilines is 1. The van der Waals surface area contributed by atoms with Crippen molar-refractivity contribution in [3.05, 3.63) is 59.7 Å². The van der Waals surface area contributed by atoms with Crippen molar-refractivity contribution in [3.8, 4) is 5.75 Å². The molecule has 0 unspecified atom stereocenters. The number of methoxy groups -OCH3 is 1. The number of hydrogen-bond acceptors (Lipinski definition) is 3. The van der Waals surface area contributed by atoms with Crippen molar-refractivity contribution in [2.45, 2.75) is 18.9 Å². The molecule has 0 aromatic heterocycles. The highest BCUT2D eigenvalue weighted by molar-refractivity contribution is 5.89. The van der Waals surface area contributed by atoms with Crippen LogP contribution in [0.15, 0.2) is 42.5 Å². The van der Waals surface area contributed by atoms with Gasteiger partial charge in [0.05, 0.1) is 18.8 Å². The smallest absolute Gasteiger partial charge is 0.319 e. The maximum Gasteiger partial charge on any atom is 0.319 e. The zero-order valence-electron chi connectivity index (χ0n) is 15.2. The van der Waals surface area contributed by atoms with Gasteiger partial charge >= 0.3 is 6.03 Å². The molecule has 5 nitrogen and oxygen atoms in total. The van der Waals surface area contributed by atoms with Gasteiger partial charge in [0.2, 0.25) is 0 Å². The topological polar surface area (TPSA) is 53.6 Å². The van der Waals surface area contributed by atoms with Crippen molar-refractivity contribution in [1.29, 1.82) is 0 Å². The van der Waals surface area contributed by atoms with E-state index < -0.39 is 17.7 Å². The molecule has 0 saturated carbocycles. The first-order valence-corrected chi connectivity index (χ1v) is 8.94. The number of halogens is 2. The van der Waals surface area contributed by atoms with E-state index in [0.29, 0.717) is 6.54 Å². The van der Waals surface area contributed by atoms with E-state index in [1.807, 2.05) is 24.3 Å². The standard InChI is InChI=1S/C20H23F2N3O2/c1-27-16-6-4-5-14(11-16)19(25-9-2-3-10-25)13-23-20(26)24-18-8-7-15(21)12-17(18)22/h4-8,11-12,19H,2-3,9-10,13H2,1H3,(H2,23,24,26)/t19-/m1/s1. The predicted octanol–water partition coefficient (Wildman–Crippen LogP) is 3.93. The summed E-state index contributed by atoms with van der Waals surface area (Å²) in [5.74, 6) is -0.742. The molecule has 0 bridgehead atoms. The van der Waals surface area contributed by atoms with E-state index in [4.69, 9.17) is 4.74 Å². The van der Waals surface area contributed by atoms with Crippen LogP contribution in [-0.4, -0.2) is 37.7 Å². The first-order valence-electron chi connectivity index (χ1n) is 8.94. The largest absolute Gasteiger partial charge is 0.497 e. The first kappa shape index (κ1) is 19.1. The number of nitrogens with zero attached hydrogens (tertiary/aromatic N) is 1. The first-order chi connectivity index (χ1) is 13.1. The Hall–Kier alpha value is -2.67. The summed E-state index contributed by atoms with van der Waals surface area (Å²) < 4.78 is 32.0. The van der Waals surface area contributed by atoms with Crippen LogP contribution in [0.4, 0.5) is 19.3 Å². The Morgan fingerprint density at radius 2 is 1.96 bits per heavy atom. The van der Waals surface area contributed by atoms with E-state index in [9.17, 15) is 13.6 Å². The molecule has 2 aromatic carbocycles. The third kappa shape index (κ3) is 4.95. The molecule has 2 N–H and O–H groups in total. The Kier molecular flexibility index (Phi) is 6.24. The SMILES string of the molecule is COc1cccc([C@@H](CNC(=O)Nc2ccc(F)cc2F)N2CCCC2)c1. The summed E-state index contributed by atoms with van der Waals surface area (Å²) in [5, 5.41) is 5.22. The van der Waals surface area contributed by atoms with E-state index in [2.05, 4.69) is 15.5 Å². The highest BCUT2D eigenvalue weighted by Crippen LogP contribution is 2.27. The summed E-state index contributed by atoms with van der Waals surface area (Å²) in [6, 6.07) is 10.3. The second-order valence-electron chi connectivity index (χ2n) is 6.49. The number of carbonyl (C=O) groups excluding carboxylic acids is 1. The van der Waals surface area contributed by atoms with Gasteiger partial charge < -0.3 is 15.4 Å². The summed E-state index contributed by atoms with van der Waals surface area (Å²) in [4.78, 5) is 14.5. The van der Waals surface area contributed by atoms with Gasteiger partial charge in [-0.25, -0.2) is 13.6 Å². The summed E-state index contributed by atoms with van der Waals surface area (Å²) in [6.45, 7) is 2.28. The molecule has 27 heavy (non-hydrogen) atoms. The molecule has 1 heterocycles. The number of rotatable bonds is 6. The number of benzene rings is 2. The zero-order valence-corrected chi connectivity index (χ0v) is 15.2. The minimum atomic E-state index is -0.811. The molecule has 2 amide bonds. The number of carbonyl (C=O) groups is 1. The quantitative estimate of drug-likeness (QED) is 0.804. The zero-order chi connectivity index (χ0) is 19.2. The fourth-order valence-corrected chi connectivity index (χ4v) is 3.31. The molecular formula is C20H23F2N3O2. The predicted molar refractivity (Wildman–Crippen MR) is 99.9 cm³/mol. The lowest BCUT2D eigenvalue weighted by atomic mass is 10.1. The van der Waals surface area contributed by atoms with Crippen molar-refractivity contribution in [1.82, 2.24) is 10.2 Å². The maximum atomic E-state index is 13.7. The van der Waals surface area contributed by atoms with Gasteiger partial charge in [0.1, 0.15) is 17.4 Å². The molecule has 0 aliphatic carbocycles. The summed E-state index contributed by atoms with van der Waals surface area (Å²) in [6.07, 6.45) is 2.24. The van der Waals surface area contributed by atoms with E-state index in [-0.39, 0.29) is 11.7 Å². The van der Waals surface area contributed by atoms with Crippen LogP contribution < -0.4 is 15.4 Å². The lowest BCUT2D eigenvalue weighted by Gasteiger charge is -2.28. The lowest BCUT2D eigenvalue weighted by molar-refractivity contribution is 0.227. The van der Waals surface area contributed by atoms with E-state index in [0.717, 1.165) is 49.4 Å². The van der Waals surface area contributed by atoms with Crippen LogP contribution in [-0.2, 0) is 0 Å². The van der Waals surface area contributed by atoms with Gasteiger partial charge in [0.15, 0.2) is 0 Å². The number of nitrogens with one attached hydrogen (secondary N) is 2. The summed E-state index contributed by atoms with van der Waals surface area (Å²) in [7, 11) is 1.62. The van der Waals surface area contributed by atoms with Crippen LogP contribution in [0.2, 0.25) is 0 Å². The van der Waals surface area contributed by atoms with Gasteiger partial charge in [-0.3, -0.25) is 4.90 Å². The molecule has 1 aliphatic heterocycles. The lowest BCUT2D eigenvalue weighted by Crippen LogP contribution is -2.38. The van der Waals surface area contributed by atoms with Crippen molar-refractivity contribution < 1.29 is 18.3 Å². The fraction of sp³-hybridized carbons (Fsp3) is 0.350. The Labute approximate surface area is 157 Å². The Balaban J connectivity index is 1.67. The number of ether oxygens (including phenoxy) is 1. The van der Waals surface area contributed by atoms with Gasteiger partial charge in [-0.2, -0.15) is 0 Å². The Morgan fingerprint density at radius 3 is 2.67 bits per heavy atom. The monoisotopic (exact) mass is 375 g/mol. The number of hydrogen-bond donors (Lipinski definition) is 2. The number of urea groups is 1. The summed E-state index contributed by atoms with van der Waals surface area (Å²) in [5.41, 5.74) is 0.984. The summed E-state index contributed by atoms with van der Waals surface area (Å²) >= 11 is 0. The minimum absolute atomic E-state index is 0.00795. The van der Waals surface area contributed by atoms with Crippen LogP contribution in [0.3, 0.4) is 0 Å². The van der Waals surface area contributed by atoms with Gasteiger partial charge in [0.25, 0.3) is 0 Å². The molecule has 0 radical (unpaired) electrons. The highest BCUT2D eigenvalue weighted by atomic mass is 19.1. The third-order valence-corrected chi connectivity index (χ3v) is 4.70. The molecule has 1 aliphatic rings. The molecule has 1 saturated heterocycles. The normalized spacial score (nSPS) is 15.4. The van der Waals surface area contributed by atoms with Crippen LogP contribution >= 0.6 is 0 Å². The third-order valence-electron chi connectivity index (χ3n) is 4.70. The van der Waals surface area contributed by atoms with E-state index >= 15 is 0 Å². The van der Waals surface area contributed by atoms with Crippen LogP contribution in [0.25, 0.3) is 0 Å². The van der Waals surface area contributed by atoms with Crippen LogP contribution in [0.1, 0.15) is 24.4 Å². The molecule has 2 aromatic rings. The molecule has 0 spiro atoms. The van der Waals surface area contributed by atoms with Gasteiger partial charge in [-0.1, -0.05) is 12.1 Å². The fourth-order valence-electron chi connectivity index (χ4n) is 3.31. The highest BCUT2D eigenvalue weighted by Gasteiger charge is 2.24. The van der Waals surface area contributed by atoms with Gasteiger partial charge in [-0.15, -0.1) is 0 Å². The second-order valence-corrected chi connectivity index (χ2v) is 6.49.